The molecule has 4 heterocycles. The van der Waals surface area contributed by atoms with Gasteiger partial charge in [-0.2, -0.15) is 9.97 Å². The summed E-state index contributed by atoms with van der Waals surface area (Å²) >= 11 is 0. The van der Waals surface area contributed by atoms with E-state index < -0.39 is 0 Å². The number of hydrogen-bond acceptors (Lipinski definition) is 4. The number of hydrogen-bond donors (Lipinski definition) is 0. The summed E-state index contributed by atoms with van der Waals surface area (Å²) in [5.74, 6) is 1.67. The molecule has 0 aliphatic carbocycles. The lowest BCUT2D eigenvalue weighted by Crippen LogP contribution is -2.07. The van der Waals surface area contributed by atoms with Crippen LogP contribution in [0.2, 0.25) is 0 Å². The van der Waals surface area contributed by atoms with Gasteiger partial charge in [0.05, 0.1) is 27.8 Å². The Bertz CT molecular complexity index is 3840. The number of rotatable bonds is 5. The second-order valence-electron chi connectivity index (χ2n) is 15.6. The second-order valence-corrected chi connectivity index (χ2v) is 15.6. The average molecular weight is 780 g/mol. The third-order valence-corrected chi connectivity index (χ3v) is 12.1. The van der Waals surface area contributed by atoms with Crippen LogP contribution in [0.1, 0.15) is 0 Å². The van der Waals surface area contributed by atoms with Crippen LogP contribution in [0.3, 0.4) is 0 Å². The molecule has 0 unspecified atom stereocenters. The van der Waals surface area contributed by atoms with Gasteiger partial charge in [0.1, 0.15) is 11.2 Å². The number of nitrogens with zero attached hydrogens (tertiary/aromatic N) is 5. The van der Waals surface area contributed by atoms with Crippen molar-refractivity contribution in [2.24, 2.45) is 0 Å². The molecule has 0 amide bonds. The van der Waals surface area contributed by atoms with E-state index >= 15 is 0 Å². The molecule has 0 saturated heterocycles. The summed E-state index contributed by atoms with van der Waals surface area (Å²) in [4.78, 5) is 16.2. The van der Waals surface area contributed by atoms with Gasteiger partial charge in [0.2, 0.25) is 5.95 Å². The number of aromatic nitrogens is 5. The first kappa shape index (κ1) is 33.6. The molecule has 0 saturated carbocycles. The van der Waals surface area contributed by atoms with Gasteiger partial charge in [-0.1, -0.05) is 146 Å². The second kappa shape index (κ2) is 13.1. The Labute approximate surface area is 349 Å². The maximum Gasteiger partial charge on any atom is 0.238 e. The molecular weight excluding hydrogens is 747 g/mol. The molecule has 0 radical (unpaired) electrons. The van der Waals surface area contributed by atoms with Crippen molar-refractivity contribution in [2.45, 2.75) is 0 Å². The van der Waals surface area contributed by atoms with E-state index in [4.69, 9.17) is 19.4 Å². The fourth-order valence-corrected chi connectivity index (χ4v) is 9.40. The first-order valence-corrected chi connectivity index (χ1v) is 20.5. The Kier molecular flexibility index (Phi) is 7.21. The number of benzene rings is 9. The molecule has 13 aromatic rings. The van der Waals surface area contributed by atoms with E-state index in [0.29, 0.717) is 17.6 Å². The van der Waals surface area contributed by atoms with E-state index in [1.165, 1.54) is 21.5 Å². The highest BCUT2D eigenvalue weighted by atomic mass is 16.3. The van der Waals surface area contributed by atoms with E-state index in [1.54, 1.807) is 0 Å². The van der Waals surface area contributed by atoms with Gasteiger partial charge in [0.25, 0.3) is 0 Å². The summed E-state index contributed by atoms with van der Waals surface area (Å²) in [6.07, 6.45) is 0. The average Bonchev–Trinajstić information content (AvgIpc) is 3.98. The molecule has 61 heavy (non-hydrogen) atoms. The lowest BCUT2D eigenvalue weighted by molar-refractivity contribution is 0.668. The van der Waals surface area contributed by atoms with Gasteiger partial charge in [-0.05, 0) is 70.4 Å². The molecule has 0 N–H and O–H groups in total. The van der Waals surface area contributed by atoms with Crippen LogP contribution in [0, 0.1) is 0 Å². The van der Waals surface area contributed by atoms with Crippen molar-refractivity contribution in [1.82, 2.24) is 24.1 Å². The van der Waals surface area contributed by atoms with Crippen LogP contribution >= 0.6 is 0 Å². The zero-order chi connectivity index (χ0) is 40.0. The molecule has 0 aliphatic rings. The summed E-state index contributed by atoms with van der Waals surface area (Å²) in [7, 11) is 0. The fraction of sp³-hybridized carbons (Fsp3) is 0. The Hall–Kier alpha value is -8.35. The van der Waals surface area contributed by atoms with Crippen LogP contribution in [0.25, 0.3) is 122 Å². The normalized spacial score (nSPS) is 11.9. The van der Waals surface area contributed by atoms with Gasteiger partial charge in [-0.25, -0.2) is 4.98 Å². The van der Waals surface area contributed by atoms with Crippen LogP contribution in [-0.4, -0.2) is 24.1 Å². The Morgan fingerprint density at radius 1 is 0.344 bits per heavy atom. The monoisotopic (exact) mass is 779 g/mol. The maximum atomic E-state index is 6.76. The molecule has 6 heteroatoms. The van der Waals surface area contributed by atoms with E-state index in [0.717, 1.165) is 82.7 Å². The van der Waals surface area contributed by atoms with Crippen molar-refractivity contribution in [2.75, 3.05) is 0 Å². The predicted octanol–water partition coefficient (Wildman–Crippen LogP) is 14.1. The first-order valence-electron chi connectivity index (χ1n) is 20.5. The van der Waals surface area contributed by atoms with Crippen LogP contribution in [-0.2, 0) is 0 Å². The predicted molar refractivity (Wildman–Crippen MR) is 250 cm³/mol. The van der Waals surface area contributed by atoms with Crippen LogP contribution in [0.4, 0.5) is 0 Å². The van der Waals surface area contributed by atoms with Crippen molar-refractivity contribution in [3.05, 3.63) is 200 Å². The lowest BCUT2D eigenvalue weighted by Gasteiger charge is -2.14. The number of fused-ring (bicyclic) bond motifs is 10. The molecule has 0 aliphatic heterocycles. The summed E-state index contributed by atoms with van der Waals surface area (Å²) < 4.78 is 11.3. The molecule has 4 aromatic heterocycles. The van der Waals surface area contributed by atoms with Crippen molar-refractivity contribution < 1.29 is 4.42 Å². The minimum absolute atomic E-state index is 0.539. The molecule has 0 spiro atoms. The van der Waals surface area contributed by atoms with Crippen LogP contribution in [0.5, 0.6) is 0 Å². The Morgan fingerprint density at radius 2 is 0.918 bits per heavy atom. The first-order chi connectivity index (χ1) is 30.2. The quantitative estimate of drug-likeness (QED) is 0.175. The minimum atomic E-state index is 0.539. The lowest BCUT2D eigenvalue weighted by atomic mass is 10.0. The topological polar surface area (TPSA) is 61.7 Å². The molecule has 13 rings (SSSR count). The third kappa shape index (κ3) is 5.19. The summed E-state index contributed by atoms with van der Waals surface area (Å²) in [5, 5.41) is 8.98. The molecule has 0 bridgehead atoms. The van der Waals surface area contributed by atoms with Crippen LogP contribution in [0.15, 0.2) is 205 Å². The van der Waals surface area contributed by atoms with E-state index in [1.807, 2.05) is 18.2 Å². The summed E-state index contributed by atoms with van der Waals surface area (Å²) in [6.45, 7) is 0. The van der Waals surface area contributed by atoms with Crippen molar-refractivity contribution in [1.29, 1.82) is 0 Å². The van der Waals surface area contributed by atoms with E-state index in [9.17, 15) is 0 Å². The van der Waals surface area contributed by atoms with Crippen molar-refractivity contribution in [3.63, 3.8) is 0 Å². The summed E-state index contributed by atoms with van der Waals surface area (Å²) in [6, 6.07) is 70.3. The van der Waals surface area contributed by atoms with Gasteiger partial charge >= 0.3 is 0 Å². The smallest absolute Gasteiger partial charge is 0.238 e. The highest BCUT2D eigenvalue weighted by Gasteiger charge is 2.23. The minimum Gasteiger partial charge on any atom is -0.456 e. The Morgan fingerprint density at radius 3 is 1.67 bits per heavy atom. The van der Waals surface area contributed by atoms with Crippen molar-refractivity contribution in [3.8, 4) is 45.5 Å². The van der Waals surface area contributed by atoms with Crippen molar-refractivity contribution >= 4 is 76.3 Å². The van der Waals surface area contributed by atoms with Gasteiger partial charge in [0, 0.05) is 49.5 Å². The van der Waals surface area contributed by atoms with E-state index in [2.05, 4.69) is 191 Å². The highest BCUT2D eigenvalue weighted by molar-refractivity contribution is 6.16. The largest absolute Gasteiger partial charge is 0.456 e. The third-order valence-electron chi connectivity index (χ3n) is 12.1. The fourth-order valence-electron chi connectivity index (χ4n) is 9.40. The van der Waals surface area contributed by atoms with Gasteiger partial charge in [-0.15, -0.1) is 0 Å². The SMILES string of the molecule is c1ccc(-c2cccc(-c3nc(-c4cc(-n5c6ccccc6c6cc7ccccc7cc65)cc5oc6ccccc6c45)nc(-n4c5ccccc5c5ccccc54)n3)c2)cc1. The van der Waals surface area contributed by atoms with E-state index in [-0.39, 0.29) is 0 Å². The molecule has 284 valence electrons. The Balaban J connectivity index is 1.14. The molecular formula is C55H33N5O. The number of para-hydroxylation sites is 4. The zero-order valence-corrected chi connectivity index (χ0v) is 32.7. The summed E-state index contributed by atoms with van der Waals surface area (Å²) in [5.41, 5.74) is 10.7. The van der Waals surface area contributed by atoms with Gasteiger partial charge < -0.3 is 8.98 Å². The van der Waals surface area contributed by atoms with Crippen LogP contribution < -0.4 is 0 Å². The molecule has 9 aromatic carbocycles. The maximum absolute atomic E-state index is 6.76. The molecule has 0 fully saturated rings. The molecule has 6 nitrogen and oxygen atoms in total. The standard InChI is InChI=1S/C55H33N5O/c1-2-15-34(16-3-1)35-19-14-20-38(29-35)53-56-54(58-55(57-53)60-47-26-11-6-21-40(47)41-22-7-12-27-48(41)60)45-32-39(33-51-52(45)43-24-9-13-28-50(43)61-51)59-46-25-10-8-23-42(46)44-30-36-17-4-5-18-37(36)31-49(44)59/h1-33H. The number of furan rings is 1. The highest BCUT2D eigenvalue weighted by Crippen LogP contribution is 2.42. The molecule has 0 atom stereocenters. The zero-order valence-electron chi connectivity index (χ0n) is 32.7. The van der Waals surface area contributed by atoms with Gasteiger partial charge in [0.15, 0.2) is 11.6 Å². The van der Waals surface area contributed by atoms with Gasteiger partial charge in [-0.3, -0.25) is 4.57 Å².